The summed E-state index contributed by atoms with van der Waals surface area (Å²) in [6, 6.07) is 0. The third-order valence-electron chi connectivity index (χ3n) is 5.71. The van der Waals surface area contributed by atoms with Crippen molar-refractivity contribution in [2.24, 2.45) is 0 Å². The summed E-state index contributed by atoms with van der Waals surface area (Å²) in [4.78, 5) is 2.59. The van der Waals surface area contributed by atoms with Gasteiger partial charge in [-0.05, 0) is 13.0 Å². The fourth-order valence-corrected chi connectivity index (χ4v) is 4.03. The zero-order valence-corrected chi connectivity index (χ0v) is 17.0. The molecule has 1 saturated heterocycles. The van der Waals surface area contributed by atoms with Gasteiger partial charge in [0.05, 0.1) is 6.17 Å². The fourth-order valence-electron chi connectivity index (χ4n) is 4.03. The Labute approximate surface area is 153 Å². The number of likely N-dealkylation sites (N-methyl/N-ethyl adjacent to an activating group) is 1. The summed E-state index contributed by atoms with van der Waals surface area (Å²) in [7, 11) is 0. The molecular weight excluding hydrogens is 292 g/mol. The highest BCUT2D eigenvalue weighted by molar-refractivity contribution is 4.76. The number of nitrogens with zero attached hydrogens (tertiary/aromatic N) is 1. The maximum Gasteiger partial charge on any atom is 0.0597 e. The molecule has 1 unspecified atom stereocenters. The van der Waals surface area contributed by atoms with Crippen molar-refractivity contribution in [3.05, 3.63) is 0 Å². The molecule has 0 aliphatic carbocycles. The van der Waals surface area contributed by atoms with Crippen LogP contribution < -0.4 is 5.32 Å². The third kappa shape index (κ3) is 11.5. The number of rotatable bonds is 17. The normalized spacial score (nSPS) is 18.5. The summed E-state index contributed by atoms with van der Waals surface area (Å²) < 4.78 is 0. The Morgan fingerprint density at radius 1 is 0.667 bits per heavy atom. The molecule has 0 saturated carbocycles. The summed E-state index contributed by atoms with van der Waals surface area (Å²) in [5.41, 5.74) is 0. The van der Waals surface area contributed by atoms with Crippen LogP contribution in [0.2, 0.25) is 0 Å². The van der Waals surface area contributed by atoms with Crippen molar-refractivity contribution in [3.63, 3.8) is 0 Å². The summed E-state index contributed by atoms with van der Waals surface area (Å²) >= 11 is 0. The van der Waals surface area contributed by atoms with Gasteiger partial charge in [0, 0.05) is 13.1 Å². The van der Waals surface area contributed by atoms with Crippen molar-refractivity contribution in [2.45, 2.75) is 123 Å². The maximum absolute atomic E-state index is 3.63. The largest absolute Gasteiger partial charge is 0.300 e. The van der Waals surface area contributed by atoms with E-state index in [2.05, 4.69) is 24.1 Å². The van der Waals surface area contributed by atoms with Gasteiger partial charge in [0.15, 0.2) is 0 Å². The molecule has 24 heavy (non-hydrogen) atoms. The van der Waals surface area contributed by atoms with E-state index in [9.17, 15) is 0 Å². The topological polar surface area (TPSA) is 15.3 Å². The molecule has 0 spiro atoms. The van der Waals surface area contributed by atoms with Gasteiger partial charge in [0.25, 0.3) is 0 Å². The fraction of sp³-hybridized carbons (Fsp3) is 1.00. The second-order valence-corrected chi connectivity index (χ2v) is 7.84. The van der Waals surface area contributed by atoms with E-state index in [1.54, 1.807) is 0 Å². The molecule has 2 heteroatoms. The molecular formula is C22H46N2. The monoisotopic (exact) mass is 338 g/mol. The second-order valence-electron chi connectivity index (χ2n) is 7.84. The Morgan fingerprint density at radius 3 is 1.58 bits per heavy atom. The standard InChI is InChI=1S/C22H46N2/c1-3-5-6-7-8-9-10-11-12-13-14-15-16-17-18-19-22-23-20-21-24(22)4-2/h22-23H,3-21H2,1-2H3. The van der Waals surface area contributed by atoms with E-state index in [-0.39, 0.29) is 0 Å². The van der Waals surface area contributed by atoms with Gasteiger partial charge in [0.2, 0.25) is 0 Å². The number of nitrogens with one attached hydrogen (secondary N) is 1. The van der Waals surface area contributed by atoms with Crippen LogP contribution >= 0.6 is 0 Å². The van der Waals surface area contributed by atoms with Crippen molar-refractivity contribution >= 4 is 0 Å². The van der Waals surface area contributed by atoms with Crippen molar-refractivity contribution in [1.29, 1.82) is 0 Å². The predicted octanol–water partition coefficient (Wildman–Crippen LogP) is 6.50. The Kier molecular flexibility index (Phi) is 15.0. The van der Waals surface area contributed by atoms with Crippen molar-refractivity contribution < 1.29 is 0 Å². The van der Waals surface area contributed by atoms with Gasteiger partial charge < -0.3 is 5.32 Å². The number of hydrogen-bond donors (Lipinski definition) is 1. The molecule has 0 radical (unpaired) electrons. The summed E-state index contributed by atoms with van der Waals surface area (Å²) in [5.74, 6) is 0. The van der Waals surface area contributed by atoms with Gasteiger partial charge in [0.1, 0.15) is 0 Å². The molecule has 144 valence electrons. The SMILES string of the molecule is CCCCCCCCCCCCCCCCCC1NCCN1CC. The second kappa shape index (κ2) is 16.4. The molecule has 1 N–H and O–H groups in total. The summed E-state index contributed by atoms with van der Waals surface area (Å²) in [6.45, 7) is 8.23. The Morgan fingerprint density at radius 2 is 1.12 bits per heavy atom. The molecule has 0 aromatic heterocycles. The molecule has 1 fully saturated rings. The Balaban J connectivity index is 1.72. The van der Waals surface area contributed by atoms with E-state index >= 15 is 0 Å². The van der Waals surface area contributed by atoms with Crippen LogP contribution in [0.4, 0.5) is 0 Å². The molecule has 1 rings (SSSR count). The van der Waals surface area contributed by atoms with E-state index in [1.807, 2.05) is 0 Å². The smallest absolute Gasteiger partial charge is 0.0597 e. The highest BCUT2D eigenvalue weighted by Gasteiger charge is 2.20. The van der Waals surface area contributed by atoms with Gasteiger partial charge in [-0.15, -0.1) is 0 Å². The minimum atomic E-state index is 0.678. The quantitative estimate of drug-likeness (QED) is 0.304. The third-order valence-corrected chi connectivity index (χ3v) is 5.71. The summed E-state index contributed by atoms with van der Waals surface area (Å²) in [6.07, 6.45) is 23.9. The van der Waals surface area contributed by atoms with E-state index in [0.717, 1.165) is 0 Å². The Hall–Kier alpha value is -0.0800. The molecule has 1 aliphatic heterocycles. The lowest BCUT2D eigenvalue weighted by atomic mass is 10.0. The first-order chi connectivity index (χ1) is 11.9. The summed E-state index contributed by atoms with van der Waals surface area (Å²) in [5, 5.41) is 3.63. The van der Waals surface area contributed by atoms with Crippen LogP contribution in [0.5, 0.6) is 0 Å². The Bertz CT molecular complexity index is 254. The first-order valence-electron chi connectivity index (χ1n) is 11.4. The van der Waals surface area contributed by atoms with Crippen LogP contribution in [0.25, 0.3) is 0 Å². The van der Waals surface area contributed by atoms with Crippen LogP contribution in [0.15, 0.2) is 0 Å². The highest BCUT2D eigenvalue weighted by Crippen LogP contribution is 2.15. The molecule has 0 bridgehead atoms. The maximum atomic E-state index is 3.63. The van der Waals surface area contributed by atoms with E-state index in [4.69, 9.17) is 0 Å². The lowest BCUT2D eigenvalue weighted by Crippen LogP contribution is -2.35. The molecule has 2 nitrogen and oxygen atoms in total. The zero-order chi connectivity index (χ0) is 17.3. The lowest BCUT2D eigenvalue weighted by Gasteiger charge is -2.22. The lowest BCUT2D eigenvalue weighted by molar-refractivity contribution is 0.236. The van der Waals surface area contributed by atoms with E-state index in [0.29, 0.717) is 6.17 Å². The van der Waals surface area contributed by atoms with Gasteiger partial charge in [-0.1, -0.05) is 110 Å². The molecule has 0 amide bonds. The van der Waals surface area contributed by atoms with E-state index in [1.165, 1.54) is 122 Å². The van der Waals surface area contributed by atoms with Gasteiger partial charge >= 0.3 is 0 Å². The average Bonchev–Trinajstić information content (AvgIpc) is 3.06. The predicted molar refractivity (Wildman–Crippen MR) is 109 cm³/mol. The minimum Gasteiger partial charge on any atom is -0.300 e. The molecule has 0 aromatic carbocycles. The molecule has 1 heterocycles. The molecule has 0 aromatic rings. The van der Waals surface area contributed by atoms with Crippen molar-refractivity contribution in [2.75, 3.05) is 19.6 Å². The van der Waals surface area contributed by atoms with Crippen molar-refractivity contribution in [3.8, 4) is 0 Å². The van der Waals surface area contributed by atoms with Crippen LogP contribution in [0.1, 0.15) is 117 Å². The van der Waals surface area contributed by atoms with Crippen molar-refractivity contribution in [1.82, 2.24) is 10.2 Å². The number of unbranched alkanes of at least 4 members (excludes halogenated alkanes) is 14. The molecule has 1 aliphatic rings. The minimum absolute atomic E-state index is 0.678. The number of hydrogen-bond acceptors (Lipinski definition) is 2. The van der Waals surface area contributed by atoms with Crippen LogP contribution in [-0.4, -0.2) is 30.7 Å². The van der Waals surface area contributed by atoms with Crippen LogP contribution in [0, 0.1) is 0 Å². The van der Waals surface area contributed by atoms with E-state index < -0.39 is 0 Å². The van der Waals surface area contributed by atoms with Crippen LogP contribution in [-0.2, 0) is 0 Å². The highest BCUT2D eigenvalue weighted by atomic mass is 15.3. The first kappa shape index (κ1) is 22.0. The van der Waals surface area contributed by atoms with Gasteiger partial charge in [-0.2, -0.15) is 0 Å². The van der Waals surface area contributed by atoms with Crippen LogP contribution in [0.3, 0.4) is 0 Å². The van der Waals surface area contributed by atoms with Gasteiger partial charge in [-0.3, -0.25) is 4.90 Å². The first-order valence-corrected chi connectivity index (χ1v) is 11.4. The zero-order valence-electron chi connectivity index (χ0n) is 17.0. The average molecular weight is 339 g/mol. The molecule has 1 atom stereocenters. The van der Waals surface area contributed by atoms with Gasteiger partial charge in [-0.25, -0.2) is 0 Å².